The lowest BCUT2D eigenvalue weighted by Gasteiger charge is -2.11. The maximum atomic E-state index is 10.7. The molecule has 0 saturated carbocycles. The molecule has 21 heavy (non-hydrogen) atoms. The van der Waals surface area contributed by atoms with Gasteiger partial charge in [0.1, 0.15) is 17.4 Å². The summed E-state index contributed by atoms with van der Waals surface area (Å²) in [6.07, 6.45) is 0. The van der Waals surface area contributed by atoms with Crippen LogP contribution in [0.4, 0.5) is 5.69 Å². The molecule has 6 nitrogen and oxygen atoms in total. The van der Waals surface area contributed by atoms with Gasteiger partial charge >= 0.3 is 0 Å². The molecule has 0 aliphatic rings. The van der Waals surface area contributed by atoms with Crippen molar-refractivity contribution in [2.24, 2.45) is 0 Å². The van der Waals surface area contributed by atoms with E-state index in [0.717, 1.165) is 0 Å². The Morgan fingerprint density at radius 2 is 2.00 bits per heavy atom. The van der Waals surface area contributed by atoms with Crippen molar-refractivity contribution in [3.63, 3.8) is 0 Å². The van der Waals surface area contributed by atoms with E-state index in [1.54, 1.807) is 18.2 Å². The Morgan fingerprint density at radius 1 is 1.24 bits per heavy atom. The standard InChI is InChI=1S/C14H9BrN2O4/c1-20-14-7-9(17(18)19)5-6-13(14)21-12-4-2-3-11(15)10(12)8-16/h2-7H,1H3. The highest BCUT2D eigenvalue weighted by molar-refractivity contribution is 9.10. The summed E-state index contributed by atoms with van der Waals surface area (Å²) in [6.45, 7) is 0. The molecule has 0 radical (unpaired) electrons. The number of halogens is 1. The SMILES string of the molecule is COc1cc([N+](=O)[O-])ccc1Oc1cccc(Br)c1C#N. The van der Waals surface area contributed by atoms with Gasteiger partial charge in [0.25, 0.3) is 5.69 Å². The minimum atomic E-state index is -0.522. The second kappa shape index (κ2) is 6.24. The molecule has 0 aliphatic carbocycles. The summed E-state index contributed by atoms with van der Waals surface area (Å²) >= 11 is 3.26. The topological polar surface area (TPSA) is 85.4 Å². The Kier molecular flexibility index (Phi) is 4.40. The van der Waals surface area contributed by atoms with E-state index in [9.17, 15) is 10.1 Å². The number of nitriles is 1. The number of hydrogen-bond donors (Lipinski definition) is 0. The largest absolute Gasteiger partial charge is 0.493 e. The average Bonchev–Trinajstić information content (AvgIpc) is 2.47. The molecule has 0 aliphatic heterocycles. The molecule has 0 saturated heterocycles. The fourth-order valence-corrected chi connectivity index (χ4v) is 2.11. The van der Waals surface area contributed by atoms with Crippen molar-refractivity contribution in [1.29, 1.82) is 5.26 Å². The van der Waals surface area contributed by atoms with E-state index < -0.39 is 4.92 Å². The van der Waals surface area contributed by atoms with Crippen LogP contribution < -0.4 is 9.47 Å². The second-order valence-electron chi connectivity index (χ2n) is 3.92. The van der Waals surface area contributed by atoms with Crippen LogP contribution in [0.3, 0.4) is 0 Å². The van der Waals surface area contributed by atoms with Crippen LogP contribution in [0.15, 0.2) is 40.9 Å². The van der Waals surface area contributed by atoms with Crippen molar-refractivity contribution in [3.05, 3.63) is 56.5 Å². The van der Waals surface area contributed by atoms with Gasteiger partial charge in [-0.2, -0.15) is 5.26 Å². The molecule has 0 spiro atoms. The normalized spacial score (nSPS) is 9.76. The van der Waals surface area contributed by atoms with Gasteiger partial charge in [0.05, 0.1) is 18.1 Å². The predicted molar refractivity (Wildman–Crippen MR) is 78.6 cm³/mol. The molecule has 0 heterocycles. The number of nitro benzene ring substituents is 1. The van der Waals surface area contributed by atoms with E-state index in [0.29, 0.717) is 15.8 Å². The van der Waals surface area contributed by atoms with Crippen molar-refractivity contribution >= 4 is 21.6 Å². The van der Waals surface area contributed by atoms with Crippen LogP contribution in [-0.4, -0.2) is 12.0 Å². The Labute approximate surface area is 128 Å². The third-order valence-electron chi connectivity index (χ3n) is 2.67. The van der Waals surface area contributed by atoms with Gasteiger partial charge < -0.3 is 9.47 Å². The molecule has 0 atom stereocenters. The number of benzene rings is 2. The van der Waals surface area contributed by atoms with Crippen LogP contribution in [-0.2, 0) is 0 Å². The fraction of sp³-hybridized carbons (Fsp3) is 0.0714. The molecule has 7 heteroatoms. The van der Waals surface area contributed by atoms with Crippen molar-refractivity contribution in [3.8, 4) is 23.3 Å². The van der Waals surface area contributed by atoms with E-state index in [1.165, 1.54) is 25.3 Å². The maximum Gasteiger partial charge on any atom is 0.273 e. The van der Waals surface area contributed by atoms with Crippen LogP contribution in [0.1, 0.15) is 5.56 Å². The van der Waals surface area contributed by atoms with E-state index in [1.807, 2.05) is 6.07 Å². The average molecular weight is 349 g/mol. The Morgan fingerprint density at radius 3 is 2.62 bits per heavy atom. The van der Waals surface area contributed by atoms with Crippen LogP contribution in [0.25, 0.3) is 0 Å². The van der Waals surface area contributed by atoms with E-state index in [4.69, 9.17) is 14.7 Å². The summed E-state index contributed by atoms with van der Waals surface area (Å²) in [5.74, 6) is 0.838. The van der Waals surface area contributed by atoms with Gasteiger partial charge in [-0.15, -0.1) is 0 Å². The Bertz CT molecular complexity index is 740. The Balaban J connectivity index is 2.43. The molecule has 2 aromatic carbocycles. The second-order valence-corrected chi connectivity index (χ2v) is 4.77. The van der Waals surface area contributed by atoms with Gasteiger partial charge in [0, 0.05) is 10.5 Å². The zero-order valence-corrected chi connectivity index (χ0v) is 12.5. The van der Waals surface area contributed by atoms with Gasteiger partial charge in [-0.05, 0) is 34.1 Å². The van der Waals surface area contributed by atoms with Gasteiger partial charge in [-0.3, -0.25) is 10.1 Å². The highest BCUT2D eigenvalue weighted by Crippen LogP contribution is 2.36. The predicted octanol–water partition coefficient (Wildman–Crippen LogP) is 4.03. The van der Waals surface area contributed by atoms with Gasteiger partial charge in [-0.25, -0.2) is 0 Å². The lowest BCUT2D eigenvalue weighted by atomic mass is 10.2. The van der Waals surface area contributed by atoms with E-state index >= 15 is 0 Å². The first-order chi connectivity index (χ1) is 10.1. The minimum Gasteiger partial charge on any atom is -0.493 e. The molecule has 0 N–H and O–H groups in total. The van der Waals surface area contributed by atoms with Gasteiger partial charge in [0.2, 0.25) is 0 Å². The summed E-state index contributed by atoms with van der Waals surface area (Å²) in [5.41, 5.74) is 0.229. The van der Waals surface area contributed by atoms with Gasteiger partial charge in [0.15, 0.2) is 11.5 Å². The van der Waals surface area contributed by atoms with Crippen LogP contribution >= 0.6 is 15.9 Å². The van der Waals surface area contributed by atoms with Crippen molar-refractivity contribution < 1.29 is 14.4 Å². The molecule has 0 amide bonds. The zero-order chi connectivity index (χ0) is 15.4. The number of methoxy groups -OCH3 is 1. The number of non-ortho nitro benzene ring substituents is 1. The highest BCUT2D eigenvalue weighted by Gasteiger charge is 2.15. The number of rotatable bonds is 4. The molecule has 0 bridgehead atoms. The smallest absolute Gasteiger partial charge is 0.273 e. The maximum absolute atomic E-state index is 10.7. The first-order valence-electron chi connectivity index (χ1n) is 5.75. The molecule has 0 fully saturated rings. The summed E-state index contributed by atoms with van der Waals surface area (Å²) in [4.78, 5) is 10.2. The molecule has 2 rings (SSSR count). The van der Waals surface area contributed by atoms with Crippen molar-refractivity contribution in [2.45, 2.75) is 0 Å². The van der Waals surface area contributed by atoms with Crippen LogP contribution in [0.2, 0.25) is 0 Å². The lowest BCUT2D eigenvalue weighted by molar-refractivity contribution is -0.384. The number of nitro groups is 1. The monoisotopic (exact) mass is 348 g/mol. The first-order valence-corrected chi connectivity index (χ1v) is 6.55. The molecule has 0 unspecified atom stereocenters. The molecular weight excluding hydrogens is 340 g/mol. The summed E-state index contributed by atoms with van der Waals surface area (Å²) < 4.78 is 11.3. The first kappa shape index (κ1) is 14.8. The molecule has 0 aromatic heterocycles. The van der Waals surface area contributed by atoms with Crippen molar-refractivity contribution in [2.75, 3.05) is 7.11 Å². The van der Waals surface area contributed by atoms with Crippen LogP contribution in [0, 0.1) is 21.4 Å². The van der Waals surface area contributed by atoms with E-state index in [2.05, 4.69) is 15.9 Å². The van der Waals surface area contributed by atoms with E-state index in [-0.39, 0.29) is 17.2 Å². The third kappa shape index (κ3) is 3.12. The lowest BCUT2D eigenvalue weighted by Crippen LogP contribution is -1.95. The Hall–Kier alpha value is -2.59. The highest BCUT2D eigenvalue weighted by atomic mass is 79.9. The number of ether oxygens (including phenoxy) is 2. The third-order valence-corrected chi connectivity index (χ3v) is 3.33. The zero-order valence-electron chi connectivity index (χ0n) is 10.9. The summed E-state index contributed by atoms with van der Waals surface area (Å²) in [7, 11) is 1.39. The summed E-state index contributed by atoms with van der Waals surface area (Å²) in [6, 6.07) is 11.1. The molecular formula is C14H9BrN2O4. The molecule has 2 aromatic rings. The number of hydrogen-bond acceptors (Lipinski definition) is 5. The van der Waals surface area contributed by atoms with Crippen LogP contribution in [0.5, 0.6) is 17.2 Å². The summed E-state index contributed by atoms with van der Waals surface area (Å²) in [5, 5.41) is 19.9. The molecule has 106 valence electrons. The van der Waals surface area contributed by atoms with Crippen molar-refractivity contribution in [1.82, 2.24) is 0 Å². The van der Waals surface area contributed by atoms with Gasteiger partial charge in [-0.1, -0.05) is 6.07 Å². The quantitative estimate of drug-likeness (QED) is 0.614. The fourth-order valence-electron chi connectivity index (χ4n) is 1.67. The number of nitrogens with zero attached hydrogens (tertiary/aromatic N) is 2. The minimum absolute atomic E-state index is 0.103.